The van der Waals surface area contributed by atoms with E-state index in [1.165, 1.54) is 0 Å². The quantitative estimate of drug-likeness (QED) is 0.864. The molecule has 1 saturated heterocycles. The Balaban J connectivity index is 1.55. The average molecular weight is 381 g/mol. The highest BCUT2D eigenvalue weighted by Gasteiger charge is 2.26. The Morgan fingerprint density at radius 2 is 2.12 bits per heavy atom. The van der Waals surface area contributed by atoms with Crippen LogP contribution in [-0.4, -0.2) is 55.1 Å². The molecule has 1 aromatic carbocycles. The summed E-state index contributed by atoms with van der Waals surface area (Å²) in [6.45, 7) is 5.34. The summed E-state index contributed by atoms with van der Waals surface area (Å²) < 4.78 is 5.13. The number of halogens is 1. The van der Waals surface area contributed by atoms with Gasteiger partial charge in [0.2, 0.25) is 5.91 Å². The lowest BCUT2D eigenvalue weighted by Gasteiger charge is -2.37. The number of piperazine rings is 1. The van der Waals surface area contributed by atoms with Crippen LogP contribution in [0.25, 0.3) is 0 Å². The minimum Gasteiger partial charge on any atom is -0.495 e. The number of rotatable bonds is 5. The highest BCUT2D eigenvalue weighted by atomic mass is 35.5. The van der Waals surface area contributed by atoms with Crippen molar-refractivity contribution < 1.29 is 9.53 Å². The predicted molar refractivity (Wildman–Crippen MR) is 102 cm³/mol. The van der Waals surface area contributed by atoms with Crippen molar-refractivity contribution in [2.24, 2.45) is 0 Å². The lowest BCUT2D eigenvalue weighted by molar-refractivity contribution is -0.120. The summed E-state index contributed by atoms with van der Waals surface area (Å²) in [6.07, 6.45) is 1.82. The molecule has 134 valence electrons. The van der Waals surface area contributed by atoms with Crippen molar-refractivity contribution in [3.8, 4) is 5.75 Å². The van der Waals surface area contributed by atoms with Gasteiger partial charge in [-0.1, -0.05) is 11.6 Å². The fraction of sp³-hybridized carbons (Fsp3) is 0.412. The number of ether oxygens (including phenoxy) is 1. The van der Waals surface area contributed by atoms with Gasteiger partial charge in [0.1, 0.15) is 5.75 Å². The van der Waals surface area contributed by atoms with Gasteiger partial charge in [-0.15, -0.1) is 11.3 Å². The molecule has 1 aromatic heterocycles. The normalized spacial score (nSPS) is 16.5. The van der Waals surface area contributed by atoms with Crippen LogP contribution < -0.4 is 15.0 Å². The van der Waals surface area contributed by atoms with Crippen molar-refractivity contribution in [1.29, 1.82) is 0 Å². The molecule has 1 fully saturated rings. The van der Waals surface area contributed by atoms with E-state index in [0.717, 1.165) is 31.3 Å². The third-order valence-corrected chi connectivity index (χ3v) is 5.48. The molecule has 1 aliphatic heterocycles. The molecule has 0 bridgehead atoms. The first-order valence-electron chi connectivity index (χ1n) is 8.11. The summed E-state index contributed by atoms with van der Waals surface area (Å²) in [5.41, 5.74) is 0.670. The van der Waals surface area contributed by atoms with Crippen LogP contribution in [0.4, 0.5) is 10.8 Å². The highest BCUT2D eigenvalue weighted by Crippen LogP contribution is 2.27. The molecule has 0 radical (unpaired) electrons. The molecule has 0 aliphatic carbocycles. The molecule has 1 atom stereocenters. The molecule has 25 heavy (non-hydrogen) atoms. The molecule has 1 amide bonds. The molecular formula is C17H21ClN4O2S. The van der Waals surface area contributed by atoms with E-state index < -0.39 is 0 Å². The van der Waals surface area contributed by atoms with Crippen molar-refractivity contribution in [2.75, 3.05) is 43.5 Å². The maximum Gasteiger partial charge on any atom is 0.241 e. The second-order valence-electron chi connectivity index (χ2n) is 5.85. The molecule has 2 aromatic rings. The van der Waals surface area contributed by atoms with E-state index in [0.29, 0.717) is 16.5 Å². The van der Waals surface area contributed by atoms with Crippen LogP contribution in [0, 0.1) is 0 Å². The summed E-state index contributed by atoms with van der Waals surface area (Å²) >= 11 is 7.75. The van der Waals surface area contributed by atoms with Crippen LogP contribution in [0.5, 0.6) is 5.75 Å². The molecule has 1 aliphatic rings. The number of methoxy groups -OCH3 is 1. The fourth-order valence-electron chi connectivity index (χ4n) is 2.83. The Morgan fingerprint density at radius 1 is 1.36 bits per heavy atom. The maximum atomic E-state index is 12.5. The summed E-state index contributed by atoms with van der Waals surface area (Å²) in [5, 5.41) is 6.43. The zero-order chi connectivity index (χ0) is 17.8. The SMILES string of the molecule is COc1ccc(NC(=O)[C@@H](C)N2CCN(c3nccs3)CC2)cc1Cl. The summed E-state index contributed by atoms with van der Waals surface area (Å²) in [7, 11) is 1.56. The molecule has 0 unspecified atom stereocenters. The smallest absolute Gasteiger partial charge is 0.241 e. The van der Waals surface area contributed by atoms with Gasteiger partial charge in [-0.3, -0.25) is 9.69 Å². The van der Waals surface area contributed by atoms with E-state index in [1.807, 2.05) is 18.5 Å². The first-order chi connectivity index (χ1) is 12.1. The summed E-state index contributed by atoms with van der Waals surface area (Å²) in [6, 6.07) is 5.02. The van der Waals surface area contributed by atoms with Gasteiger partial charge in [-0.25, -0.2) is 4.98 Å². The van der Waals surface area contributed by atoms with Gasteiger partial charge in [-0.2, -0.15) is 0 Å². The van der Waals surface area contributed by atoms with Crippen molar-refractivity contribution in [2.45, 2.75) is 13.0 Å². The second-order valence-corrected chi connectivity index (χ2v) is 7.13. The van der Waals surface area contributed by atoms with E-state index >= 15 is 0 Å². The molecule has 2 heterocycles. The van der Waals surface area contributed by atoms with E-state index in [9.17, 15) is 4.79 Å². The molecule has 8 heteroatoms. The number of hydrogen-bond acceptors (Lipinski definition) is 6. The lowest BCUT2D eigenvalue weighted by Crippen LogP contribution is -2.52. The van der Waals surface area contributed by atoms with E-state index in [1.54, 1.807) is 36.6 Å². The van der Waals surface area contributed by atoms with E-state index in [2.05, 4.69) is 20.1 Å². The van der Waals surface area contributed by atoms with Gasteiger partial charge in [0.15, 0.2) is 5.13 Å². The van der Waals surface area contributed by atoms with Gasteiger partial charge in [0, 0.05) is 43.4 Å². The van der Waals surface area contributed by atoms with Crippen LogP contribution in [-0.2, 0) is 4.79 Å². The third kappa shape index (κ3) is 4.23. The topological polar surface area (TPSA) is 57.7 Å². The largest absolute Gasteiger partial charge is 0.495 e. The molecule has 3 rings (SSSR count). The minimum atomic E-state index is -0.209. The van der Waals surface area contributed by atoms with E-state index in [4.69, 9.17) is 16.3 Å². The predicted octanol–water partition coefficient (Wildman–Crippen LogP) is 2.95. The molecule has 1 N–H and O–H groups in total. The lowest BCUT2D eigenvalue weighted by atomic mass is 10.2. The molecular weight excluding hydrogens is 360 g/mol. The molecule has 0 saturated carbocycles. The first-order valence-corrected chi connectivity index (χ1v) is 9.37. The van der Waals surface area contributed by atoms with Crippen molar-refractivity contribution >= 4 is 39.7 Å². The standard InChI is InChI=1S/C17H21ClN4O2S/c1-12(16(23)20-13-3-4-15(24-2)14(18)11-13)21-6-8-22(9-7-21)17-19-5-10-25-17/h3-5,10-12H,6-9H2,1-2H3,(H,20,23)/t12-/m1/s1. The Kier molecular flexibility index (Phi) is 5.78. The number of nitrogens with zero attached hydrogens (tertiary/aromatic N) is 3. The number of thiazole rings is 1. The van der Waals surface area contributed by atoms with Crippen LogP contribution in [0.15, 0.2) is 29.8 Å². The molecule has 6 nitrogen and oxygen atoms in total. The van der Waals surface area contributed by atoms with Crippen LogP contribution in [0.3, 0.4) is 0 Å². The number of anilines is 2. The third-order valence-electron chi connectivity index (χ3n) is 4.35. The fourth-order valence-corrected chi connectivity index (χ4v) is 3.78. The number of hydrogen-bond donors (Lipinski definition) is 1. The summed E-state index contributed by atoms with van der Waals surface area (Å²) in [5.74, 6) is 0.551. The van der Waals surface area contributed by atoms with Crippen molar-refractivity contribution in [3.05, 3.63) is 34.8 Å². The van der Waals surface area contributed by atoms with Gasteiger partial charge in [-0.05, 0) is 25.1 Å². The van der Waals surface area contributed by atoms with E-state index in [-0.39, 0.29) is 11.9 Å². The number of benzene rings is 1. The Hall–Kier alpha value is -1.83. The monoisotopic (exact) mass is 380 g/mol. The van der Waals surface area contributed by atoms with Crippen LogP contribution >= 0.6 is 22.9 Å². The van der Waals surface area contributed by atoms with Gasteiger partial charge < -0.3 is 15.0 Å². The van der Waals surface area contributed by atoms with Gasteiger partial charge >= 0.3 is 0 Å². The van der Waals surface area contributed by atoms with Gasteiger partial charge in [0.05, 0.1) is 18.2 Å². The number of carbonyl (C=O) groups is 1. The number of nitrogens with one attached hydrogen (secondary N) is 1. The summed E-state index contributed by atoms with van der Waals surface area (Å²) in [4.78, 5) is 21.3. The number of aromatic nitrogens is 1. The number of carbonyl (C=O) groups excluding carboxylic acids is 1. The first kappa shape index (κ1) is 18.0. The molecule has 0 spiro atoms. The Labute approximate surface area is 156 Å². The van der Waals surface area contributed by atoms with Crippen LogP contribution in [0.1, 0.15) is 6.92 Å². The Bertz CT molecular complexity index is 717. The zero-order valence-electron chi connectivity index (χ0n) is 14.2. The highest BCUT2D eigenvalue weighted by molar-refractivity contribution is 7.13. The van der Waals surface area contributed by atoms with Gasteiger partial charge in [0.25, 0.3) is 0 Å². The number of amides is 1. The van der Waals surface area contributed by atoms with Crippen molar-refractivity contribution in [3.63, 3.8) is 0 Å². The second kappa shape index (κ2) is 8.03. The zero-order valence-corrected chi connectivity index (χ0v) is 15.8. The maximum absolute atomic E-state index is 12.5. The van der Waals surface area contributed by atoms with Crippen molar-refractivity contribution in [1.82, 2.24) is 9.88 Å². The van der Waals surface area contributed by atoms with Crippen LogP contribution in [0.2, 0.25) is 5.02 Å². The Morgan fingerprint density at radius 3 is 2.72 bits per heavy atom. The average Bonchev–Trinajstić information content (AvgIpc) is 3.16. The minimum absolute atomic E-state index is 0.0380.